The number of halogens is 6. The first-order valence-electron chi connectivity index (χ1n) is 9.32. The van der Waals surface area contributed by atoms with Gasteiger partial charge in [0.2, 0.25) is 0 Å². The molecule has 1 aliphatic rings. The smallest absolute Gasteiger partial charge is 0.488 e. The van der Waals surface area contributed by atoms with Crippen LogP contribution in [0.2, 0.25) is 0 Å². The van der Waals surface area contributed by atoms with E-state index < -0.39 is 18.8 Å². The van der Waals surface area contributed by atoms with Crippen molar-refractivity contribution in [2.24, 2.45) is 0 Å². The lowest BCUT2D eigenvalue weighted by Crippen LogP contribution is -2.24. The SMILES string of the molecule is FC(F)(F)Oc1cccc(-c2cccc3c2OC[C@H](c2cccc(OC(F)(F)F)c2)N3)c1. The zero-order chi connectivity index (χ0) is 22.9. The minimum atomic E-state index is -4.82. The molecule has 32 heavy (non-hydrogen) atoms. The van der Waals surface area contributed by atoms with Gasteiger partial charge in [-0.15, -0.1) is 26.3 Å². The number of ether oxygens (including phenoxy) is 3. The highest BCUT2D eigenvalue weighted by molar-refractivity contribution is 5.79. The highest BCUT2D eigenvalue weighted by atomic mass is 19.4. The molecule has 0 fully saturated rings. The Morgan fingerprint density at radius 1 is 0.781 bits per heavy atom. The van der Waals surface area contributed by atoms with E-state index in [0.717, 1.165) is 0 Å². The molecule has 10 heteroatoms. The summed E-state index contributed by atoms with van der Waals surface area (Å²) in [4.78, 5) is 0. The van der Waals surface area contributed by atoms with Gasteiger partial charge in [0.05, 0.1) is 11.7 Å². The van der Waals surface area contributed by atoms with E-state index in [4.69, 9.17) is 4.74 Å². The molecule has 0 saturated heterocycles. The molecule has 4 nitrogen and oxygen atoms in total. The van der Waals surface area contributed by atoms with Crippen molar-refractivity contribution in [3.8, 4) is 28.4 Å². The van der Waals surface area contributed by atoms with Crippen molar-refractivity contribution < 1.29 is 40.6 Å². The van der Waals surface area contributed by atoms with Crippen LogP contribution in [0.1, 0.15) is 11.6 Å². The van der Waals surface area contributed by atoms with Crippen LogP contribution in [0.4, 0.5) is 32.0 Å². The fraction of sp³-hybridized carbons (Fsp3) is 0.182. The number of nitrogens with one attached hydrogen (secondary N) is 1. The number of rotatable bonds is 4. The Balaban J connectivity index is 1.59. The van der Waals surface area contributed by atoms with E-state index in [1.807, 2.05) is 0 Å². The molecule has 0 aliphatic carbocycles. The van der Waals surface area contributed by atoms with Gasteiger partial charge in [0, 0.05) is 5.56 Å². The van der Waals surface area contributed by atoms with Gasteiger partial charge in [0.15, 0.2) is 0 Å². The lowest BCUT2D eigenvalue weighted by atomic mass is 10.0. The van der Waals surface area contributed by atoms with E-state index in [0.29, 0.717) is 28.1 Å². The van der Waals surface area contributed by atoms with E-state index >= 15 is 0 Å². The van der Waals surface area contributed by atoms with Gasteiger partial charge >= 0.3 is 12.7 Å². The van der Waals surface area contributed by atoms with E-state index in [1.165, 1.54) is 36.4 Å². The highest BCUT2D eigenvalue weighted by Gasteiger charge is 2.32. The average molecular weight is 455 g/mol. The van der Waals surface area contributed by atoms with Crippen molar-refractivity contribution in [3.63, 3.8) is 0 Å². The molecule has 1 aliphatic heterocycles. The number of fused-ring (bicyclic) bond motifs is 1. The summed E-state index contributed by atoms with van der Waals surface area (Å²) in [5.41, 5.74) is 2.05. The highest BCUT2D eigenvalue weighted by Crippen LogP contribution is 2.42. The maximum atomic E-state index is 12.5. The average Bonchev–Trinajstić information content (AvgIpc) is 2.71. The van der Waals surface area contributed by atoms with Gasteiger partial charge in [-0.05, 0) is 41.5 Å². The second-order valence-electron chi connectivity index (χ2n) is 6.89. The molecule has 168 valence electrons. The van der Waals surface area contributed by atoms with Crippen LogP contribution in [0, 0.1) is 0 Å². The Morgan fingerprint density at radius 2 is 1.41 bits per heavy atom. The molecule has 1 atom stereocenters. The number of anilines is 1. The molecule has 4 rings (SSSR count). The lowest BCUT2D eigenvalue weighted by molar-refractivity contribution is -0.275. The Labute approximate surface area is 178 Å². The maximum Gasteiger partial charge on any atom is 0.573 e. The summed E-state index contributed by atoms with van der Waals surface area (Å²) >= 11 is 0. The molecule has 1 heterocycles. The van der Waals surface area contributed by atoms with Crippen LogP contribution in [0.5, 0.6) is 17.2 Å². The molecule has 0 bridgehead atoms. The molecule has 1 N–H and O–H groups in total. The molecular formula is C22H15F6NO3. The van der Waals surface area contributed by atoms with Crippen LogP contribution in [-0.4, -0.2) is 19.3 Å². The summed E-state index contributed by atoms with van der Waals surface area (Å²) in [5, 5.41) is 3.19. The molecule has 0 spiro atoms. The van der Waals surface area contributed by atoms with Gasteiger partial charge in [0.1, 0.15) is 23.9 Å². The first-order chi connectivity index (χ1) is 15.1. The third-order valence-corrected chi connectivity index (χ3v) is 4.61. The van der Waals surface area contributed by atoms with Crippen molar-refractivity contribution in [2.45, 2.75) is 18.8 Å². The van der Waals surface area contributed by atoms with E-state index in [2.05, 4.69) is 14.8 Å². The van der Waals surface area contributed by atoms with Gasteiger partial charge in [-0.3, -0.25) is 0 Å². The first-order valence-corrected chi connectivity index (χ1v) is 9.32. The number of para-hydroxylation sites is 1. The monoisotopic (exact) mass is 455 g/mol. The fourth-order valence-corrected chi connectivity index (χ4v) is 3.40. The summed E-state index contributed by atoms with van der Waals surface area (Å²) in [5.74, 6) is -0.302. The van der Waals surface area contributed by atoms with E-state index in [-0.39, 0.29) is 18.1 Å². The molecule has 0 aromatic heterocycles. The summed E-state index contributed by atoms with van der Waals surface area (Å²) in [6.45, 7) is 0.0816. The number of alkyl halides is 6. The fourth-order valence-electron chi connectivity index (χ4n) is 3.40. The second kappa shape index (κ2) is 8.18. The summed E-state index contributed by atoms with van der Waals surface area (Å²) in [6, 6.07) is 15.6. The Hall–Kier alpha value is -3.56. The molecule has 0 saturated carbocycles. The van der Waals surface area contributed by atoms with Crippen LogP contribution in [0.3, 0.4) is 0 Å². The molecule has 0 unspecified atom stereocenters. The van der Waals surface area contributed by atoms with Crippen LogP contribution >= 0.6 is 0 Å². The number of hydrogen-bond donors (Lipinski definition) is 1. The van der Waals surface area contributed by atoms with Gasteiger partial charge in [0.25, 0.3) is 0 Å². The molecule has 0 amide bonds. The van der Waals surface area contributed by atoms with Crippen LogP contribution in [0.25, 0.3) is 11.1 Å². The van der Waals surface area contributed by atoms with Crippen LogP contribution in [-0.2, 0) is 0 Å². The van der Waals surface area contributed by atoms with E-state index in [9.17, 15) is 26.3 Å². The van der Waals surface area contributed by atoms with Crippen LogP contribution < -0.4 is 19.5 Å². The Bertz CT molecular complexity index is 1110. The predicted octanol–water partition coefficient (Wildman–Crippen LogP) is 6.70. The van der Waals surface area contributed by atoms with Crippen molar-refractivity contribution in [1.29, 1.82) is 0 Å². The quantitative estimate of drug-likeness (QED) is 0.445. The van der Waals surface area contributed by atoms with Gasteiger partial charge in [-0.25, -0.2) is 0 Å². The molecule has 3 aromatic carbocycles. The summed E-state index contributed by atoms with van der Waals surface area (Å²) in [7, 11) is 0. The third kappa shape index (κ3) is 5.19. The largest absolute Gasteiger partial charge is 0.573 e. The maximum absolute atomic E-state index is 12.5. The molecule has 3 aromatic rings. The standard InChI is InChI=1S/C22H15F6NO3/c23-21(24,25)31-15-6-1-4-13(10-15)17-8-3-9-18-20(17)30-12-19(29-18)14-5-2-7-16(11-14)32-22(26,27)28/h1-11,19,29H,12H2/t19-/m1/s1. The van der Waals surface area contributed by atoms with Crippen molar-refractivity contribution in [1.82, 2.24) is 0 Å². The topological polar surface area (TPSA) is 39.7 Å². The first kappa shape index (κ1) is 21.7. The van der Waals surface area contributed by atoms with Gasteiger partial charge in [-0.1, -0.05) is 36.4 Å². The minimum absolute atomic E-state index is 0.0816. The van der Waals surface area contributed by atoms with Gasteiger partial charge in [-0.2, -0.15) is 0 Å². The minimum Gasteiger partial charge on any atom is -0.488 e. The Morgan fingerprint density at radius 3 is 2.09 bits per heavy atom. The molecular weight excluding hydrogens is 440 g/mol. The second-order valence-corrected chi connectivity index (χ2v) is 6.89. The zero-order valence-corrected chi connectivity index (χ0v) is 16.1. The van der Waals surface area contributed by atoms with Crippen LogP contribution in [0.15, 0.2) is 66.7 Å². The Kier molecular flexibility index (Phi) is 5.53. The molecule has 0 radical (unpaired) electrons. The predicted molar refractivity (Wildman–Crippen MR) is 104 cm³/mol. The van der Waals surface area contributed by atoms with E-state index in [1.54, 1.807) is 30.3 Å². The zero-order valence-electron chi connectivity index (χ0n) is 16.1. The number of benzene rings is 3. The van der Waals surface area contributed by atoms with Crippen molar-refractivity contribution in [3.05, 3.63) is 72.3 Å². The normalized spacial score (nSPS) is 15.9. The van der Waals surface area contributed by atoms with Crippen molar-refractivity contribution >= 4 is 5.69 Å². The third-order valence-electron chi connectivity index (χ3n) is 4.61. The summed E-state index contributed by atoms with van der Waals surface area (Å²) in [6.07, 6.45) is -9.62. The number of hydrogen-bond acceptors (Lipinski definition) is 4. The summed E-state index contributed by atoms with van der Waals surface area (Å²) < 4.78 is 89.0. The van der Waals surface area contributed by atoms with Crippen molar-refractivity contribution in [2.75, 3.05) is 11.9 Å². The lowest BCUT2D eigenvalue weighted by Gasteiger charge is -2.29. The van der Waals surface area contributed by atoms with Gasteiger partial charge < -0.3 is 19.5 Å².